The highest BCUT2D eigenvalue weighted by Crippen LogP contribution is 2.22. The van der Waals surface area contributed by atoms with E-state index in [0.29, 0.717) is 13.1 Å². The monoisotopic (exact) mass is 381 g/mol. The second-order valence-corrected chi connectivity index (χ2v) is 7.69. The van der Waals surface area contributed by atoms with Gasteiger partial charge in [-0.05, 0) is 43.4 Å². The summed E-state index contributed by atoms with van der Waals surface area (Å²) in [5, 5.41) is 3.05. The van der Waals surface area contributed by atoms with E-state index in [-0.39, 0.29) is 17.9 Å². The number of piperidine rings is 1. The minimum Gasteiger partial charge on any atom is -0.333 e. The summed E-state index contributed by atoms with van der Waals surface area (Å²) in [6.45, 7) is 3.66. The molecule has 0 spiro atoms. The van der Waals surface area contributed by atoms with Crippen LogP contribution in [-0.2, 0) is 11.3 Å². The molecule has 0 radical (unpaired) electrons. The number of nitrogens with zero attached hydrogens (tertiary/aromatic N) is 4. The van der Waals surface area contributed by atoms with Gasteiger partial charge in [0.25, 0.3) is 0 Å². The Balaban J connectivity index is 1.35. The first kappa shape index (κ1) is 18.5. The molecule has 2 aromatic rings. The van der Waals surface area contributed by atoms with Crippen LogP contribution in [0.4, 0.5) is 10.5 Å². The number of hydrogen-bond acceptors (Lipinski definition) is 3. The number of imidazole rings is 1. The van der Waals surface area contributed by atoms with Gasteiger partial charge in [0.05, 0.1) is 12.2 Å². The van der Waals surface area contributed by atoms with Crippen molar-refractivity contribution in [1.29, 1.82) is 0 Å². The number of amides is 3. The zero-order chi connectivity index (χ0) is 19.3. The van der Waals surface area contributed by atoms with Crippen LogP contribution in [0.25, 0.3) is 0 Å². The van der Waals surface area contributed by atoms with E-state index in [0.717, 1.165) is 56.6 Å². The Morgan fingerprint density at radius 3 is 2.71 bits per heavy atom. The Kier molecular flexibility index (Phi) is 5.60. The average Bonchev–Trinajstić information content (AvgIpc) is 3.42. The summed E-state index contributed by atoms with van der Waals surface area (Å²) in [5.74, 6) is -0.156. The predicted molar refractivity (Wildman–Crippen MR) is 107 cm³/mol. The highest BCUT2D eigenvalue weighted by atomic mass is 16.2. The molecule has 28 heavy (non-hydrogen) atoms. The minimum atomic E-state index is -0.155. The second kappa shape index (κ2) is 8.46. The van der Waals surface area contributed by atoms with Crippen molar-refractivity contribution >= 4 is 17.6 Å². The van der Waals surface area contributed by atoms with Crippen LogP contribution in [0.1, 0.15) is 31.2 Å². The molecule has 4 rings (SSSR count). The van der Waals surface area contributed by atoms with Gasteiger partial charge in [-0.3, -0.25) is 4.79 Å². The van der Waals surface area contributed by atoms with Crippen molar-refractivity contribution in [3.63, 3.8) is 0 Å². The maximum Gasteiger partial charge on any atom is 0.320 e. The van der Waals surface area contributed by atoms with E-state index in [1.807, 2.05) is 44.8 Å². The molecular formula is C21H27N5O2. The van der Waals surface area contributed by atoms with Gasteiger partial charge in [0, 0.05) is 50.8 Å². The van der Waals surface area contributed by atoms with Gasteiger partial charge in [0.1, 0.15) is 0 Å². The zero-order valence-electron chi connectivity index (χ0n) is 16.1. The number of carbonyl (C=O) groups is 2. The van der Waals surface area contributed by atoms with Crippen LogP contribution in [0.5, 0.6) is 0 Å². The van der Waals surface area contributed by atoms with Gasteiger partial charge >= 0.3 is 6.03 Å². The molecule has 3 heterocycles. The summed E-state index contributed by atoms with van der Waals surface area (Å²) in [5.41, 5.74) is 1.90. The lowest BCUT2D eigenvalue weighted by Crippen LogP contribution is -2.48. The highest BCUT2D eigenvalue weighted by Gasteiger charge is 2.31. The number of rotatable bonds is 4. The number of likely N-dealkylation sites (tertiary alicyclic amines) is 2. The number of aromatic nitrogens is 2. The van der Waals surface area contributed by atoms with Crippen molar-refractivity contribution in [2.24, 2.45) is 5.92 Å². The zero-order valence-corrected chi connectivity index (χ0v) is 16.1. The van der Waals surface area contributed by atoms with Gasteiger partial charge in [-0.25, -0.2) is 9.78 Å². The molecule has 1 aromatic carbocycles. The predicted octanol–water partition coefficient (Wildman–Crippen LogP) is 2.80. The highest BCUT2D eigenvalue weighted by molar-refractivity contribution is 5.93. The molecule has 1 atom stereocenters. The van der Waals surface area contributed by atoms with Gasteiger partial charge in [-0.1, -0.05) is 12.1 Å². The number of carbonyl (C=O) groups excluding carboxylic acids is 2. The molecule has 3 amide bonds. The van der Waals surface area contributed by atoms with Crippen LogP contribution in [0.2, 0.25) is 0 Å². The first-order valence-corrected chi connectivity index (χ1v) is 10.1. The van der Waals surface area contributed by atoms with Crippen molar-refractivity contribution in [1.82, 2.24) is 19.4 Å². The summed E-state index contributed by atoms with van der Waals surface area (Å²) >= 11 is 0. The first-order valence-electron chi connectivity index (χ1n) is 10.1. The fourth-order valence-electron chi connectivity index (χ4n) is 4.06. The Morgan fingerprint density at radius 2 is 1.93 bits per heavy atom. The number of urea groups is 1. The Labute approximate surface area is 165 Å². The maximum atomic E-state index is 12.8. The van der Waals surface area contributed by atoms with Crippen molar-refractivity contribution in [3.05, 3.63) is 48.5 Å². The summed E-state index contributed by atoms with van der Waals surface area (Å²) in [4.78, 5) is 33.3. The lowest BCUT2D eigenvalue weighted by molar-refractivity contribution is -0.121. The third-order valence-corrected chi connectivity index (χ3v) is 5.56. The maximum absolute atomic E-state index is 12.8. The van der Waals surface area contributed by atoms with Crippen molar-refractivity contribution in [2.45, 2.75) is 32.2 Å². The number of nitrogens with one attached hydrogen (secondary N) is 1. The van der Waals surface area contributed by atoms with E-state index >= 15 is 0 Å². The van der Waals surface area contributed by atoms with Crippen molar-refractivity contribution in [3.8, 4) is 0 Å². The summed E-state index contributed by atoms with van der Waals surface area (Å²) in [7, 11) is 0. The smallest absolute Gasteiger partial charge is 0.320 e. The average molecular weight is 381 g/mol. The van der Waals surface area contributed by atoms with Crippen molar-refractivity contribution in [2.75, 3.05) is 31.5 Å². The summed E-state index contributed by atoms with van der Waals surface area (Å²) in [6, 6.07) is 7.98. The number of benzene rings is 1. The van der Waals surface area contributed by atoms with E-state index in [2.05, 4.69) is 10.3 Å². The largest absolute Gasteiger partial charge is 0.333 e. The minimum absolute atomic E-state index is 0.00120. The first-order chi connectivity index (χ1) is 13.7. The standard InChI is InChI=1S/C21H27N5O2/c27-20(18-6-4-11-26(15-18)21(28)25-9-1-2-10-25)23-19-7-3-5-17(13-19)14-24-12-8-22-16-24/h3,5,7-8,12-13,16,18H,1-2,4,6,9-11,14-15H2,(H,23,27)/t18-/m1/s1. The van der Waals surface area contributed by atoms with Crippen molar-refractivity contribution < 1.29 is 9.59 Å². The molecule has 2 aliphatic heterocycles. The summed E-state index contributed by atoms with van der Waals surface area (Å²) < 4.78 is 1.99. The fourth-order valence-corrected chi connectivity index (χ4v) is 4.06. The van der Waals surface area contributed by atoms with Crippen LogP contribution in [-0.4, -0.2) is 57.5 Å². The van der Waals surface area contributed by atoms with Gasteiger partial charge in [-0.2, -0.15) is 0 Å². The molecule has 1 N–H and O–H groups in total. The van der Waals surface area contributed by atoms with E-state index in [4.69, 9.17) is 0 Å². The van der Waals surface area contributed by atoms with Gasteiger partial charge < -0.3 is 19.7 Å². The van der Waals surface area contributed by atoms with Gasteiger partial charge in [0.2, 0.25) is 5.91 Å². The van der Waals surface area contributed by atoms with Crippen LogP contribution in [0.15, 0.2) is 43.0 Å². The molecule has 148 valence electrons. The SMILES string of the molecule is O=C(Nc1cccc(Cn2ccnc2)c1)[C@@H]1CCCN(C(=O)N2CCCC2)C1. The van der Waals surface area contributed by atoms with Gasteiger partial charge in [-0.15, -0.1) is 0 Å². The second-order valence-electron chi connectivity index (χ2n) is 7.69. The molecule has 7 heteroatoms. The Bertz CT molecular complexity index is 814. The Morgan fingerprint density at radius 1 is 1.11 bits per heavy atom. The molecule has 0 aliphatic carbocycles. The van der Waals surface area contributed by atoms with E-state index < -0.39 is 0 Å². The molecule has 0 saturated carbocycles. The fraction of sp³-hybridized carbons (Fsp3) is 0.476. The van der Waals surface area contributed by atoms with Crippen LogP contribution in [0, 0.1) is 5.92 Å². The number of hydrogen-bond donors (Lipinski definition) is 1. The van der Waals surface area contributed by atoms with Gasteiger partial charge in [0.15, 0.2) is 0 Å². The molecule has 2 saturated heterocycles. The third-order valence-electron chi connectivity index (χ3n) is 5.56. The quantitative estimate of drug-likeness (QED) is 0.885. The lowest BCUT2D eigenvalue weighted by atomic mass is 9.97. The third kappa shape index (κ3) is 4.35. The molecule has 2 fully saturated rings. The van der Waals surface area contributed by atoms with Crippen LogP contribution in [0.3, 0.4) is 0 Å². The molecule has 1 aromatic heterocycles. The van der Waals surface area contributed by atoms with Crippen LogP contribution >= 0.6 is 0 Å². The molecular weight excluding hydrogens is 354 g/mol. The van der Waals surface area contributed by atoms with E-state index in [1.165, 1.54) is 0 Å². The molecule has 0 unspecified atom stereocenters. The molecule has 7 nitrogen and oxygen atoms in total. The number of anilines is 1. The topological polar surface area (TPSA) is 70.5 Å². The molecule has 2 aliphatic rings. The Hall–Kier alpha value is -2.83. The lowest BCUT2D eigenvalue weighted by Gasteiger charge is -2.34. The molecule has 0 bridgehead atoms. The van der Waals surface area contributed by atoms with Crippen LogP contribution < -0.4 is 5.32 Å². The summed E-state index contributed by atoms with van der Waals surface area (Å²) in [6.07, 6.45) is 9.31. The van der Waals surface area contributed by atoms with E-state index in [1.54, 1.807) is 12.5 Å². The normalized spacial score (nSPS) is 19.6. The van der Waals surface area contributed by atoms with E-state index in [9.17, 15) is 9.59 Å².